The zero-order valence-electron chi connectivity index (χ0n) is 16.5. The number of nitro groups is 2. The minimum atomic E-state index is -0.554. The number of hydrogen-bond acceptors (Lipinski definition) is 9. The molecule has 1 aliphatic carbocycles. The second-order valence-corrected chi connectivity index (χ2v) is 7.55. The first-order chi connectivity index (χ1) is 14.4. The minimum Gasteiger partial charge on any atom is -0.378 e. The van der Waals surface area contributed by atoms with Gasteiger partial charge in [0, 0.05) is 18.2 Å². The van der Waals surface area contributed by atoms with Gasteiger partial charge in [0.15, 0.2) is 0 Å². The first-order valence-corrected chi connectivity index (χ1v) is 9.86. The molecule has 0 radical (unpaired) electrons. The maximum absolute atomic E-state index is 11.5. The van der Waals surface area contributed by atoms with Gasteiger partial charge in [0.1, 0.15) is 5.69 Å². The second kappa shape index (κ2) is 9.44. The molecule has 1 aliphatic rings. The molecule has 0 aliphatic heterocycles. The molecule has 2 aromatic rings. The van der Waals surface area contributed by atoms with Crippen LogP contribution >= 0.6 is 0 Å². The summed E-state index contributed by atoms with van der Waals surface area (Å²) >= 11 is 0. The van der Waals surface area contributed by atoms with Gasteiger partial charge in [0.2, 0.25) is 11.8 Å². The molecule has 1 heterocycles. The number of nitrogens with one attached hydrogen (secondary N) is 1. The Morgan fingerprint density at radius 1 is 1.03 bits per heavy atom. The van der Waals surface area contributed by atoms with Gasteiger partial charge in [-0.05, 0) is 50.5 Å². The smallest absolute Gasteiger partial charge is 0.332 e. The van der Waals surface area contributed by atoms with Crippen molar-refractivity contribution in [3.05, 3.63) is 55.8 Å². The summed E-state index contributed by atoms with van der Waals surface area (Å²) in [4.78, 5) is 30.0. The van der Waals surface area contributed by atoms with Gasteiger partial charge in [-0.25, -0.2) is 4.98 Å². The highest BCUT2D eigenvalue weighted by molar-refractivity contribution is 5.58. The summed E-state index contributed by atoms with van der Waals surface area (Å²) in [6.07, 6.45) is 4.29. The molecule has 11 nitrogen and oxygen atoms in total. The van der Waals surface area contributed by atoms with E-state index in [1.807, 2.05) is 0 Å². The Hall–Kier alpha value is -3.34. The van der Waals surface area contributed by atoms with Crippen LogP contribution in [0, 0.1) is 32.1 Å². The highest BCUT2D eigenvalue weighted by atomic mass is 16.6. The van der Waals surface area contributed by atoms with Crippen molar-refractivity contribution in [3.63, 3.8) is 0 Å². The van der Waals surface area contributed by atoms with E-state index in [0.717, 1.165) is 25.7 Å². The Morgan fingerprint density at radius 3 is 2.33 bits per heavy atom. The number of nitrogens with zero attached hydrogens (tertiary/aromatic N) is 4. The molecule has 0 unspecified atom stereocenters. The summed E-state index contributed by atoms with van der Waals surface area (Å²) in [7, 11) is 0. The zero-order chi connectivity index (χ0) is 21.7. The Morgan fingerprint density at radius 2 is 1.70 bits per heavy atom. The summed E-state index contributed by atoms with van der Waals surface area (Å²) in [5.41, 5.74) is 12.0. The first-order valence-electron chi connectivity index (χ1n) is 9.86. The lowest BCUT2D eigenvalue weighted by Gasteiger charge is -2.27. The molecule has 1 aromatic carbocycles. The quantitative estimate of drug-likeness (QED) is 0.432. The fraction of sp³-hybridized carbons (Fsp3) is 0.474. The van der Waals surface area contributed by atoms with Crippen molar-refractivity contribution in [2.75, 3.05) is 17.6 Å². The number of hydrogen-bond donors (Lipinski definition) is 3. The van der Waals surface area contributed by atoms with Crippen LogP contribution in [-0.2, 0) is 13.0 Å². The van der Waals surface area contributed by atoms with E-state index in [-0.39, 0.29) is 41.3 Å². The predicted molar refractivity (Wildman–Crippen MR) is 112 cm³/mol. The number of nitrogens with two attached hydrogens (primary N) is 2. The summed E-state index contributed by atoms with van der Waals surface area (Å²) in [6.45, 7) is 0.752. The van der Waals surface area contributed by atoms with Crippen LogP contribution in [0.2, 0.25) is 0 Å². The Labute approximate surface area is 173 Å². The van der Waals surface area contributed by atoms with Crippen LogP contribution < -0.4 is 16.8 Å². The van der Waals surface area contributed by atoms with Gasteiger partial charge in [0.25, 0.3) is 5.69 Å². The van der Waals surface area contributed by atoms with Crippen molar-refractivity contribution >= 4 is 23.1 Å². The number of aromatic nitrogens is 2. The third-order valence-electron chi connectivity index (χ3n) is 5.57. The molecule has 0 amide bonds. The predicted octanol–water partition coefficient (Wildman–Crippen LogP) is 2.79. The molecule has 160 valence electrons. The van der Waals surface area contributed by atoms with Crippen molar-refractivity contribution in [1.82, 2.24) is 9.97 Å². The van der Waals surface area contributed by atoms with Gasteiger partial charge in [-0.15, -0.1) is 0 Å². The van der Waals surface area contributed by atoms with E-state index in [4.69, 9.17) is 11.5 Å². The van der Waals surface area contributed by atoms with Gasteiger partial charge in [-0.1, -0.05) is 18.2 Å². The molecule has 1 aromatic heterocycles. The molecule has 0 saturated heterocycles. The standard InChI is InChI=1S/C19H25N7O4/c20-10-13-7-5-12(6-8-13)9-15-17(26(29)30)18(21)24-19(23-15)22-11-14-3-1-2-4-16(14)25(27)28/h1-4,12-13H,5-11,20H2,(H3,21,22,23,24). The normalized spacial score (nSPS) is 18.7. The van der Waals surface area contributed by atoms with Crippen LogP contribution in [0.4, 0.5) is 23.1 Å². The Balaban J connectivity index is 1.80. The largest absolute Gasteiger partial charge is 0.378 e. The van der Waals surface area contributed by atoms with Crippen molar-refractivity contribution in [2.45, 2.75) is 38.6 Å². The van der Waals surface area contributed by atoms with E-state index in [1.165, 1.54) is 6.07 Å². The molecular formula is C19H25N7O4. The number of rotatable bonds is 8. The number of benzene rings is 1. The summed E-state index contributed by atoms with van der Waals surface area (Å²) in [5.74, 6) is 0.669. The van der Waals surface area contributed by atoms with E-state index >= 15 is 0 Å². The molecule has 3 rings (SSSR count). The van der Waals surface area contributed by atoms with Gasteiger partial charge in [-0.2, -0.15) is 4.98 Å². The van der Waals surface area contributed by atoms with E-state index in [1.54, 1.807) is 18.2 Å². The average Bonchev–Trinajstić information content (AvgIpc) is 2.72. The molecule has 0 spiro atoms. The second-order valence-electron chi connectivity index (χ2n) is 7.55. The van der Waals surface area contributed by atoms with Crippen LogP contribution in [0.1, 0.15) is 36.9 Å². The van der Waals surface area contributed by atoms with Gasteiger partial charge < -0.3 is 16.8 Å². The van der Waals surface area contributed by atoms with E-state index in [0.29, 0.717) is 24.4 Å². The lowest BCUT2D eigenvalue weighted by Crippen LogP contribution is -2.23. The van der Waals surface area contributed by atoms with Crippen LogP contribution in [0.25, 0.3) is 0 Å². The maximum atomic E-state index is 11.5. The molecular weight excluding hydrogens is 390 g/mol. The van der Waals surface area contributed by atoms with Crippen molar-refractivity contribution < 1.29 is 9.85 Å². The molecule has 1 saturated carbocycles. The van der Waals surface area contributed by atoms with E-state index in [2.05, 4.69) is 15.3 Å². The van der Waals surface area contributed by atoms with Gasteiger partial charge in [0.05, 0.1) is 9.85 Å². The van der Waals surface area contributed by atoms with Crippen LogP contribution in [0.5, 0.6) is 0 Å². The monoisotopic (exact) mass is 415 g/mol. The topological polar surface area (TPSA) is 176 Å². The van der Waals surface area contributed by atoms with Crippen molar-refractivity contribution in [2.24, 2.45) is 17.6 Å². The van der Waals surface area contributed by atoms with Crippen molar-refractivity contribution in [1.29, 1.82) is 0 Å². The molecule has 11 heteroatoms. The average molecular weight is 415 g/mol. The Bertz CT molecular complexity index is 929. The molecule has 0 bridgehead atoms. The van der Waals surface area contributed by atoms with E-state index in [9.17, 15) is 20.2 Å². The summed E-state index contributed by atoms with van der Waals surface area (Å²) in [5, 5.41) is 25.6. The third-order valence-corrected chi connectivity index (χ3v) is 5.57. The minimum absolute atomic E-state index is 0.0308. The highest BCUT2D eigenvalue weighted by Crippen LogP contribution is 2.34. The SMILES string of the molecule is NCC1CCC(Cc2nc(NCc3ccccc3[N+](=O)[O-])nc(N)c2[N+](=O)[O-])CC1. The fourth-order valence-electron chi connectivity index (χ4n) is 3.90. The molecule has 1 fully saturated rings. The lowest BCUT2D eigenvalue weighted by atomic mass is 9.80. The summed E-state index contributed by atoms with van der Waals surface area (Å²) < 4.78 is 0. The number of anilines is 2. The number of nitro benzene ring substituents is 1. The number of nitrogen functional groups attached to an aromatic ring is 1. The van der Waals surface area contributed by atoms with Crippen molar-refractivity contribution in [3.8, 4) is 0 Å². The summed E-state index contributed by atoms with van der Waals surface area (Å²) in [6, 6.07) is 6.31. The highest BCUT2D eigenvalue weighted by Gasteiger charge is 2.28. The zero-order valence-corrected chi connectivity index (χ0v) is 16.5. The molecule has 5 N–H and O–H groups in total. The van der Waals surface area contributed by atoms with E-state index < -0.39 is 9.85 Å². The number of para-hydroxylation sites is 1. The van der Waals surface area contributed by atoms with Crippen LogP contribution in [0.15, 0.2) is 24.3 Å². The van der Waals surface area contributed by atoms with Crippen LogP contribution in [-0.4, -0.2) is 26.4 Å². The van der Waals surface area contributed by atoms with Crippen LogP contribution in [0.3, 0.4) is 0 Å². The maximum Gasteiger partial charge on any atom is 0.332 e. The van der Waals surface area contributed by atoms with Gasteiger partial charge in [-0.3, -0.25) is 20.2 Å². The molecule has 30 heavy (non-hydrogen) atoms. The fourth-order valence-corrected chi connectivity index (χ4v) is 3.90. The third kappa shape index (κ3) is 4.98. The Kier molecular flexibility index (Phi) is 6.72. The lowest BCUT2D eigenvalue weighted by molar-refractivity contribution is -0.385. The molecule has 0 atom stereocenters. The first kappa shape index (κ1) is 21.4. The van der Waals surface area contributed by atoms with Gasteiger partial charge >= 0.3 is 5.69 Å².